The van der Waals surface area contributed by atoms with Gasteiger partial charge in [-0.3, -0.25) is 14.4 Å². The third kappa shape index (κ3) is 2.09. The van der Waals surface area contributed by atoms with Gasteiger partial charge in [0.05, 0.1) is 17.0 Å². The summed E-state index contributed by atoms with van der Waals surface area (Å²) in [6.45, 7) is 0. The van der Waals surface area contributed by atoms with Gasteiger partial charge in [-0.15, -0.1) is 0 Å². The molecule has 1 fully saturated rings. The smallest absolute Gasteiger partial charge is 0.230 e. The highest BCUT2D eigenvalue weighted by atomic mass is 16.4. The van der Waals surface area contributed by atoms with Crippen molar-refractivity contribution in [2.24, 2.45) is 23.3 Å². The second kappa shape index (κ2) is 5.74. The SMILES string of the molecule is NC(=O)C1C(=O)C(N)[C@@H]2Cc3cc4cccc(O)c4c(O)c3C(=O)[C@]2(O)C1O. The lowest BCUT2D eigenvalue weighted by Crippen LogP contribution is -2.73. The summed E-state index contributed by atoms with van der Waals surface area (Å²) in [7, 11) is 0. The van der Waals surface area contributed by atoms with Crippen LogP contribution in [0.5, 0.6) is 11.5 Å². The van der Waals surface area contributed by atoms with Gasteiger partial charge in [-0.2, -0.15) is 0 Å². The number of primary amides is 1. The monoisotopic (exact) mass is 386 g/mol. The molecule has 9 heteroatoms. The molecule has 2 aliphatic rings. The van der Waals surface area contributed by atoms with E-state index in [0.29, 0.717) is 10.9 Å². The van der Waals surface area contributed by atoms with Gasteiger partial charge >= 0.3 is 0 Å². The summed E-state index contributed by atoms with van der Waals surface area (Å²) in [5.74, 6) is -7.03. The number of hydrogen-bond acceptors (Lipinski definition) is 8. The number of benzene rings is 2. The Balaban J connectivity index is 1.98. The van der Waals surface area contributed by atoms with Crippen LogP contribution in [0.15, 0.2) is 24.3 Å². The van der Waals surface area contributed by atoms with Crippen molar-refractivity contribution in [3.8, 4) is 11.5 Å². The molecule has 5 atom stereocenters. The normalized spacial score (nSPS) is 32.1. The van der Waals surface area contributed by atoms with Crippen LogP contribution in [0.25, 0.3) is 10.8 Å². The van der Waals surface area contributed by atoms with Gasteiger partial charge in [-0.05, 0) is 23.4 Å². The second-order valence-electron chi connectivity index (χ2n) is 7.35. The number of nitrogens with two attached hydrogens (primary N) is 2. The van der Waals surface area contributed by atoms with E-state index in [1.165, 1.54) is 6.07 Å². The molecule has 0 spiro atoms. The number of Topliss-reactive ketones (excluding diaryl/α,β-unsaturated/α-hetero) is 2. The fraction of sp³-hybridized carbons (Fsp3) is 0.316. The van der Waals surface area contributed by atoms with Crippen LogP contribution in [0.4, 0.5) is 0 Å². The highest BCUT2D eigenvalue weighted by Crippen LogP contribution is 2.48. The van der Waals surface area contributed by atoms with Gasteiger partial charge in [0.1, 0.15) is 23.5 Å². The predicted molar refractivity (Wildman–Crippen MR) is 95.4 cm³/mol. The maximum Gasteiger partial charge on any atom is 0.230 e. The van der Waals surface area contributed by atoms with Crippen molar-refractivity contribution in [2.75, 3.05) is 0 Å². The Bertz CT molecular complexity index is 1070. The standard InChI is InChI=1S/C19H18N2O7/c20-13-8-5-7-4-6-2-1-3-9(22)10(6)14(23)11(7)16(25)19(8,28)17(26)12(15(13)24)18(21)27/h1-4,8,12-13,17,22-23,26,28H,5,20H2,(H2,21,27)/t8-,12?,13?,17?,19-/m0/s1. The summed E-state index contributed by atoms with van der Waals surface area (Å²) < 4.78 is 0. The number of amides is 1. The lowest BCUT2D eigenvalue weighted by molar-refractivity contribution is -0.166. The minimum atomic E-state index is -2.59. The maximum atomic E-state index is 13.2. The number of aromatic hydroxyl groups is 2. The zero-order valence-corrected chi connectivity index (χ0v) is 14.5. The highest BCUT2D eigenvalue weighted by molar-refractivity contribution is 6.15. The molecular weight excluding hydrogens is 368 g/mol. The number of carbonyl (C=O) groups excluding carboxylic acids is 3. The van der Waals surface area contributed by atoms with E-state index in [-0.39, 0.29) is 23.1 Å². The van der Waals surface area contributed by atoms with Gasteiger partial charge in [0.25, 0.3) is 0 Å². The first-order valence-corrected chi connectivity index (χ1v) is 8.61. The van der Waals surface area contributed by atoms with Gasteiger partial charge in [-0.1, -0.05) is 18.2 Å². The zero-order chi connectivity index (χ0) is 20.5. The Morgan fingerprint density at radius 3 is 2.54 bits per heavy atom. The maximum absolute atomic E-state index is 13.2. The van der Waals surface area contributed by atoms with E-state index in [1.54, 1.807) is 18.2 Å². The van der Waals surface area contributed by atoms with E-state index in [9.17, 15) is 34.8 Å². The number of carbonyl (C=O) groups is 3. The average molecular weight is 386 g/mol. The van der Waals surface area contributed by atoms with Gasteiger partial charge in [0, 0.05) is 5.92 Å². The van der Waals surface area contributed by atoms with Gasteiger partial charge in [-0.25, -0.2) is 0 Å². The fourth-order valence-corrected chi connectivity index (χ4v) is 4.51. The molecule has 0 aliphatic heterocycles. The molecule has 2 aromatic carbocycles. The number of rotatable bonds is 1. The summed E-state index contributed by atoms with van der Waals surface area (Å²) in [4.78, 5) is 37.3. The summed E-state index contributed by atoms with van der Waals surface area (Å²) >= 11 is 0. The summed E-state index contributed by atoms with van der Waals surface area (Å²) in [5.41, 5.74) is 8.52. The summed E-state index contributed by atoms with van der Waals surface area (Å²) in [6.07, 6.45) is -2.21. The molecular formula is C19H18N2O7. The van der Waals surface area contributed by atoms with E-state index in [2.05, 4.69) is 0 Å². The van der Waals surface area contributed by atoms with Crippen molar-refractivity contribution in [1.29, 1.82) is 0 Å². The molecule has 2 aromatic rings. The predicted octanol–water partition coefficient (Wildman–Crippen LogP) is -1.29. The Kier molecular flexibility index (Phi) is 3.76. The highest BCUT2D eigenvalue weighted by Gasteiger charge is 2.64. The van der Waals surface area contributed by atoms with Crippen LogP contribution in [0, 0.1) is 11.8 Å². The molecule has 1 saturated carbocycles. The Morgan fingerprint density at radius 1 is 1.21 bits per heavy atom. The van der Waals surface area contributed by atoms with E-state index in [4.69, 9.17) is 11.5 Å². The quantitative estimate of drug-likeness (QED) is 0.327. The van der Waals surface area contributed by atoms with E-state index >= 15 is 0 Å². The van der Waals surface area contributed by atoms with Crippen molar-refractivity contribution < 1.29 is 34.8 Å². The van der Waals surface area contributed by atoms with Crippen LogP contribution in [-0.4, -0.2) is 55.6 Å². The minimum Gasteiger partial charge on any atom is -0.507 e. The molecule has 2 aliphatic carbocycles. The van der Waals surface area contributed by atoms with Crippen LogP contribution in [0.3, 0.4) is 0 Å². The molecule has 28 heavy (non-hydrogen) atoms. The molecule has 9 nitrogen and oxygen atoms in total. The van der Waals surface area contributed by atoms with E-state index in [1.807, 2.05) is 0 Å². The number of phenols is 2. The largest absolute Gasteiger partial charge is 0.507 e. The molecule has 146 valence electrons. The van der Waals surface area contributed by atoms with Crippen molar-refractivity contribution in [3.63, 3.8) is 0 Å². The number of aliphatic hydroxyl groups excluding tert-OH is 1. The molecule has 0 bridgehead atoms. The first-order valence-electron chi connectivity index (χ1n) is 8.61. The second-order valence-corrected chi connectivity index (χ2v) is 7.35. The molecule has 8 N–H and O–H groups in total. The van der Waals surface area contributed by atoms with Crippen LogP contribution >= 0.6 is 0 Å². The minimum absolute atomic E-state index is 0.00813. The van der Waals surface area contributed by atoms with Crippen LogP contribution < -0.4 is 11.5 Å². The lowest BCUT2D eigenvalue weighted by Gasteiger charge is -2.49. The van der Waals surface area contributed by atoms with Gasteiger partial charge in [0.15, 0.2) is 11.4 Å². The number of fused-ring (bicyclic) bond motifs is 3. The topological polar surface area (TPSA) is 184 Å². The van der Waals surface area contributed by atoms with Crippen molar-refractivity contribution in [3.05, 3.63) is 35.4 Å². The van der Waals surface area contributed by atoms with E-state index < -0.39 is 52.8 Å². The summed E-state index contributed by atoms with van der Waals surface area (Å²) in [6, 6.07) is 4.63. The molecule has 0 saturated heterocycles. The van der Waals surface area contributed by atoms with Crippen LogP contribution in [0.2, 0.25) is 0 Å². The molecule has 0 aromatic heterocycles. The first-order chi connectivity index (χ1) is 13.1. The number of hydrogen-bond donors (Lipinski definition) is 6. The lowest BCUT2D eigenvalue weighted by atomic mass is 9.58. The molecule has 0 radical (unpaired) electrons. The van der Waals surface area contributed by atoms with Crippen LogP contribution in [-0.2, 0) is 16.0 Å². The third-order valence-corrected chi connectivity index (χ3v) is 5.94. The molecule has 4 rings (SSSR count). The van der Waals surface area contributed by atoms with Crippen molar-refractivity contribution in [1.82, 2.24) is 0 Å². The van der Waals surface area contributed by atoms with Gasteiger partial charge < -0.3 is 31.9 Å². The zero-order valence-electron chi connectivity index (χ0n) is 14.5. The molecule has 0 heterocycles. The fourth-order valence-electron chi connectivity index (χ4n) is 4.51. The van der Waals surface area contributed by atoms with Crippen LogP contribution in [0.1, 0.15) is 15.9 Å². The average Bonchev–Trinajstić information content (AvgIpc) is 2.62. The number of phenolic OH excluding ortho intramolecular Hbond substituents is 2. The van der Waals surface area contributed by atoms with Gasteiger partial charge in [0.2, 0.25) is 11.7 Å². The van der Waals surface area contributed by atoms with Crippen molar-refractivity contribution >= 4 is 28.2 Å². The first kappa shape index (κ1) is 18.4. The molecule has 1 amide bonds. The summed E-state index contributed by atoms with van der Waals surface area (Å²) in [5, 5.41) is 42.9. The Morgan fingerprint density at radius 2 is 1.89 bits per heavy atom. The Hall–Kier alpha value is -3.01. The third-order valence-electron chi connectivity index (χ3n) is 5.94. The molecule has 3 unspecified atom stereocenters. The Labute approximate surface area is 158 Å². The van der Waals surface area contributed by atoms with E-state index in [0.717, 1.165) is 0 Å². The number of aliphatic hydroxyl groups is 2. The number of ketones is 2. The van der Waals surface area contributed by atoms with Crippen molar-refractivity contribution in [2.45, 2.75) is 24.2 Å².